The smallest absolute Gasteiger partial charge is 0.223 e. The summed E-state index contributed by atoms with van der Waals surface area (Å²) in [5.74, 6) is -0.472. The van der Waals surface area contributed by atoms with Gasteiger partial charge in [0.15, 0.2) is 0 Å². The zero-order valence-electron chi connectivity index (χ0n) is 9.83. The van der Waals surface area contributed by atoms with E-state index in [1.165, 1.54) is 11.0 Å². The molecule has 1 aromatic carbocycles. The fraction of sp³-hybridized carbons (Fsp3) is 0.333. The molecule has 0 aromatic heterocycles. The van der Waals surface area contributed by atoms with Crippen LogP contribution in [0.1, 0.15) is 12.0 Å². The van der Waals surface area contributed by atoms with Crippen LogP contribution in [-0.2, 0) is 4.79 Å². The van der Waals surface area contributed by atoms with E-state index in [0.717, 1.165) is 6.07 Å². The van der Waals surface area contributed by atoms with Gasteiger partial charge in [0, 0.05) is 32.7 Å². The maximum Gasteiger partial charge on any atom is 0.223 e. The van der Waals surface area contributed by atoms with Gasteiger partial charge in [0.2, 0.25) is 5.91 Å². The van der Waals surface area contributed by atoms with Crippen LogP contribution < -0.4 is 5.32 Å². The van der Waals surface area contributed by atoms with Crippen molar-refractivity contribution >= 4 is 11.6 Å². The largest absolute Gasteiger partial charge is 0.384 e. The number of amides is 1. The molecular weight excluding hydrogens is 221 g/mol. The number of rotatable bonds is 4. The summed E-state index contributed by atoms with van der Waals surface area (Å²) in [5, 5.41) is 11.6. The van der Waals surface area contributed by atoms with Crippen LogP contribution in [0.15, 0.2) is 18.2 Å². The summed E-state index contributed by atoms with van der Waals surface area (Å²) in [6, 6.07) is 5.87. The lowest BCUT2D eigenvalue weighted by Crippen LogP contribution is -2.23. The maximum atomic E-state index is 13.1. The average Bonchev–Trinajstić information content (AvgIpc) is 2.27. The highest BCUT2D eigenvalue weighted by molar-refractivity contribution is 5.76. The van der Waals surface area contributed by atoms with Gasteiger partial charge >= 0.3 is 0 Å². The molecule has 5 heteroatoms. The zero-order valence-corrected chi connectivity index (χ0v) is 9.83. The molecule has 0 heterocycles. The van der Waals surface area contributed by atoms with Crippen molar-refractivity contribution in [3.63, 3.8) is 0 Å². The van der Waals surface area contributed by atoms with Gasteiger partial charge in [-0.2, -0.15) is 5.26 Å². The third kappa shape index (κ3) is 4.11. The van der Waals surface area contributed by atoms with Gasteiger partial charge in [-0.1, -0.05) is 0 Å². The van der Waals surface area contributed by atoms with Crippen molar-refractivity contribution in [3.05, 3.63) is 29.6 Å². The van der Waals surface area contributed by atoms with Crippen LogP contribution >= 0.6 is 0 Å². The number of hydrogen-bond acceptors (Lipinski definition) is 3. The second-order valence-corrected chi connectivity index (χ2v) is 3.81. The fourth-order valence-corrected chi connectivity index (χ4v) is 1.29. The molecule has 0 atom stereocenters. The monoisotopic (exact) mass is 235 g/mol. The predicted octanol–water partition coefficient (Wildman–Crippen LogP) is 1.59. The van der Waals surface area contributed by atoms with E-state index in [0.29, 0.717) is 18.7 Å². The lowest BCUT2D eigenvalue weighted by atomic mass is 10.2. The van der Waals surface area contributed by atoms with Gasteiger partial charge in [0.1, 0.15) is 5.82 Å². The summed E-state index contributed by atoms with van der Waals surface area (Å²) in [7, 11) is 3.36. The van der Waals surface area contributed by atoms with E-state index in [9.17, 15) is 9.18 Å². The predicted molar refractivity (Wildman–Crippen MR) is 62.9 cm³/mol. The minimum atomic E-state index is -0.467. The summed E-state index contributed by atoms with van der Waals surface area (Å²) < 4.78 is 13.1. The van der Waals surface area contributed by atoms with E-state index in [1.807, 2.05) is 6.07 Å². The Balaban J connectivity index is 2.55. The number of hydrogen-bond donors (Lipinski definition) is 1. The molecule has 1 N–H and O–H groups in total. The number of nitrogens with one attached hydrogen (secondary N) is 1. The molecule has 0 aliphatic rings. The van der Waals surface area contributed by atoms with Gasteiger partial charge in [-0.05, 0) is 18.2 Å². The molecule has 0 bridgehead atoms. The average molecular weight is 235 g/mol. The number of nitriles is 1. The van der Waals surface area contributed by atoms with Gasteiger partial charge in [0.25, 0.3) is 0 Å². The fourth-order valence-electron chi connectivity index (χ4n) is 1.29. The Bertz CT molecular complexity index is 452. The molecule has 90 valence electrons. The quantitative estimate of drug-likeness (QED) is 0.862. The van der Waals surface area contributed by atoms with E-state index >= 15 is 0 Å². The Labute approximate surface area is 99.7 Å². The first-order chi connectivity index (χ1) is 8.02. The summed E-state index contributed by atoms with van der Waals surface area (Å²) in [5.41, 5.74) is 0.763. The standard InChI is InChI=1S/C12H14FN3O/c1-16(2)12(17)3-4-15-11-6-9(8-14)5-10(13)7-11/h5-7,15H,3-4H2,1-2H3. The van der Waals surface area contributed by atoms with E-state index in [4.69, 9.17) is 5.26 Å². The maximum absolute atomic E-state index is 13.1. The molecule has 0 aliphatic heterocycles. The Kier molecular flexibility index (Phi) is 4.46. The number of benzene rings is 1. The molecule has 17 heavy (non-hydrogen) atoms. The lowest BCUT2D eigenvalue weighted by Gasteiger charge is -2.11. The van der Waals surface area contributed by atoms with E-state index in [-0.39, 0.29) is 11.5 Å². The minimum Gasteiger partial charge on any atom is -0.384 e. The summed E-state index contributed by atoms with van der Waals surface area (Å²) in [6.07, 6.45) is 0.325. The summed E-state index contributed by atoms with van der Waals surface area (Å²) in [4.78, 5) is 12.8. The van der Waals surface area contributed by atoms with Crippen molar-refractivity contribution in [1.29, 1.82) is 5.26 Å². The molecule has 0 aliphatic carbocycles. The first kappa shape index (κ1) is 13.0. The van der Waals surface area contributed by atoms with Crippen LogP contribution in [0.5, 0.6) is 0 Å². The summed E-state index contributed by atoms with van der Waals surface area (Å²) >= 11 is 0. The lowest BCUT2D eigenvalue weighted by molar-refractivity contribution is -0.128. The second kappa shape index (κ2) is 5.85. The molecule has 4 nitrogen and oxygen atoms in total. The van der Waals surface area contributed by atoms with E-state index < -0.39 is 5.82 Å². The molecule has 0 unspecified atom stereocenters. The molecule has 1 amide bonds. The van der Waals surface area contributed by atoms with Crippen molar-refractivity contribution in [3.8, 4) is 6.07 Å². The SMILES string of the molecule is CN(C)C(=O)CCNc1cc(F)cc(C#N)c1. The highest BCUT2D eigenvalue weighted by atomic mass is 19.1. The van der Waals surface area contributed by atoms with Crippen molar-refractivity contribution in [2.24, 2.45) is 0 Å². The third-order valence-electron chi connectivity index (χ3n) is 2.19. The van der Waals surface area contributed by atoms with Crippen LogP contribution in [-0.4, -0.2) is 31.4 Å². The molecule has 0 radical (unpaired) electrons. The Morgan fingerprint density at radius 3 is 2.76 bits per heavy atom. The highest BCUT2D eigenvalue weighted by Gasteiger charge is 2.04. The first-order valence-electron chi connectivity index (χ1n) is 5.17. The molecule has 0 spiro atoms. The molecule has 0 saturated carbocycles. The second-order valence-electron chi connectivity index (χ2n) is 3.81. The normalized spacial score (nSPS) is 9.53. The van der Waals surface area contributed by atoms with Crippen LogP contribution in [0.25, 0.3) is 0 Å². The van der Waals surface area contributed by atoms with Gasteiger partial charge < -0.3 is 10.2 Å². The van der Waals surface area contributed by atoms with E-state index in [2.05, 4.69) is 5.32 Å². The number of nitrogens with zero attached hydrogens (tertiary/aromatic N) is 2. The Hall–Kier alpha value is -2.09. The van der Waals surface area contributed by atoms with Gasteiger partial charge in [0.05, 0.1) is 11.6 Å². The number of carbonyl (C=O) groups is 1. The van der Waals surface area contributed by atoms with Gasteiger partial charge in [-0.25, -0.2) is 4.39 Å². The topological polar surface area (TPSA) is 56.1 Å². The highest BCUT2D eigenvalue weighted by Crippen LogP contribution is 2.13. The van der Waals surface area contributed by atoms with Crippen molar-refractivity contribution < 1.29 is 9.18 Å². The Morgan fingerprint density at radius 1 is 1.47 bits per heavy atom. The van der Waals surface area contributed by atoms with Crippen LogP contribution in [0.3, 0.4) is 0 Å². The minimum absolute atomic E-state index is 0.00518. The molecule has 0 fully saturated rings. The summed E-state index contributed by atoms with van der Waals surface area (Å²) in [6.45, 7) is 0.408. The molecular formula is C12H14FN3O. The van der Waals surface area contributed by atoms with Crippen molar-refractivity contribution in [1.82, 2.24) is 4.90 Å². The van der Waals surface area contributed by atoms with Crippen molar-refractivity contribution in [2.75, 3.05) is 26.0 Å². The zero-order chi connectivity index (χ0) is 12.8. The van der Waals surface area contributed by atoms with Crippen molar-refractivity contribution in [2.45, 2.75) is 6.42 Å². The van der Waals surface area contributed by atoms with Crippen LogP contribution in [0, 0.1) is 17.1 Å². The number of halogens is 1. The molecule has 1 rings (SSSR count). The molecule has 0 saturated heterocycles. The van der Waals surface area contributed by atoms with Gasteiger partial charge in [-0.3, -0.25) is 4.79 Å². The van der Waals surface area contributed by atoms with Crippen LogP contribution in [0.4, 0.5) is 10.1 Å². The third-order valence-corrected chi connectivity index (χ3v) is 2.19. The number of anilines is 1. The molecule has 1 aromatic rings. The van der Waals surface area contributed by atoms with E-state index in [1.54, 1.807) is 20.2 Å². The first-order valence-corrected chi connectivity index (χ1v) is 5.17. The van der Waals surface area contributed by atoms with Gasteiger partial charge in [-0.15, -0.1) is 0 Å². The Morgan fingerprint density at radius 2 is 2.18 bits per heavy atom. The number of carbonyl (C=O) groups excluding carboxylic acids is 1. The van der Waals surface area contributed by atoms with Crippen LogP contribution in [0.2, 0.25) is 0 Å².